The number of fused-ring (bicyclic) bond motifs is 1. The lowest BCUT2D eigenvalue weighted by Gasteiger charge is -2.17. The molecule has 2 aromatic heterocycles. The number of carboxylic acids is 1. The fourth-order valence-electron chi connectivity index (χ4n) is 2.07. The zero-order chi connectivity index (χ0) is 16.4. The average molecular weight is 303 g/mol. The summed E-state index contributed by atoms with van der Waals surface area (Å²) in [7, 11) is 0. The lowest BCUT2D eigenvalue weighted by atomic mass is 10.0. The molecule has 0 radical (unpaired) electrons. The van der Waals surface area contributed by atoms with Gasteiger partial charge in [0.2, 0.25) is 0 Å². The van der Waals surface area contributed by atoms with E-state index >= 15 is 0 Å². The van der Waals surface area contributed by atoms with Crippen molar-refractivity contribution in [1.82, 2.24) is 14.7 Å². The van der Waals surface area contributed by atoms with Gasteiger partial charge in [0.15, 0.2) is 0 Å². The highest BCUT2D eigenvalue weighted by Gasteiger charge is 2.25. The molecule has 0 unspecified atom stereocenters. The summed E-state index contributed by atoms with van der Waals surface area (Å²) in [6, 6.07) is 2.41. The largest absolute Gasteiger partial charge is 0.480 e. The molecule has 0 aliphatic heterocycles. The number of hydrogen-bond donors (Lipinski definition) is 2. The van der Waals surface area contributed by atoms with Gasteiger partial charge >= 0.3 is 5.97 Å². The zero-order valence-corrected chi connectivity index (χ0v) is 12.5. The molecule has 0 aliphatic rings. The molecule has 1 amide bonds. The number of carbonyl (C=O) groups excluding carboxylic acids is 1. The average Bonchev–Trinajstić information content (AvgIpc) is 2.44. The summed E-state index contributed by atoms with van der Waals surface area (Å²) >= 11 is 0. The number of carboxylic acid groups (broad SMARTS) is 1. The van der Waals surface area contributed by atoms with Crippen LogP contribution >= 0.6 is 0 Å². The molecule has 2 aromatic rings. The molecule has 7 heteroatoms. The summed E-state index contributed by atoms with van der Waals surface area (Å²) in [6.07, 6.45) is 2.75. The van der Waals surface area contributed by atoms with Gasteiger partial charge in [-0.15, -0.1) is 0 Å². The molecule has 0 bridgehead atoms. The molecule has 0 saturated heterocycles. The molecular weight excluding hydrogens is 286 g/mol. The van der Waals surface area contributed by atoms with Crippen LogP contribution in [0, 0.1) is 12.8 Å². The van der Waals surface area contributed by atoms with E-state index in [9.17, 15) is 14.4 Å². The highest BCUT2D eigenvalue weighted by atomic mass is 16.4. The minimum absolute atomic E-state index is 0.185. The molecule has 2 heterocycles. The molecule has 0 fully saturated rings. The van der Waals surface area contributed by atoms with E-state index in [2.05, 4.69) is 10.3 Å². The van der Waals surface area contributed by atoms with Gasteiger partial charge < -0.3 is 10.4 Å². The van der Waals surface area contributed by atoms with E-state index in [1.165, 1.54) is 10.6 Å². The summed E-state index contributed by atoms with van der Waals surface area (Å²) in [5.74, 6) is -2.19. The second kappa shape index (κ2) is 5.97. The number of pyridine rings is 1. The first-order valence-electron chi connectivity index (χ1n) is 6.83. The van der Waals surface area contributed by atoms with E-state index in [0.29, 0.717) is 5.65 Å². The van der Waals surface area contributed by atoms with Crippen LogP contribution in [0.15, 0.2) is 29.3 Å². The maximum atomic E-state index is 12.4. The lowest BCUT2D eigenvalue weighted by molar-refractivity contribution is -0.140. The van der Waals surface area contributed by atoms with Gasteiger partial charge in [-0.05, 0) is 24.5 Å². The topological polar surface area (TPSA) is 101 Å². The van der Waals surface area contributed by atoms with Gasteiger partial charge in [0.05, 0.1) is 0 Å². The van der Waals surface area contributed by atoms with E-state index in [-0.39, 0.29) is 11.5 Å². The van der Waals surface area contributed by atoms with Crippen LogP contribution in [-0.4, -0.2) is 32.4 Å². The number of nitrogens with one attached hydrogen (secondary N) is 1. The van der Waals surface area contributed by atoms with Crippen molar-refractivity contribution in [2.24, 2.45) is 5.92 Å². The van der Waals surface area contributed by atoms with Crippen molar-refractivity contribution < 1.29 is 14.7 Å². The zero-order valence-electron chi connectivity index (χ0n) is 12.5. The molecule has 7 nitrogen and oxygen atoms in total. The highest BCUT2D eigenvalue weighted by molar-refractivity contribution is 5.96. The third-order valence-electron chi connectivity index (χ3n) is 3.31. The van der Waals surface area contributed by atoms with Crippen molar-refractivity contribution in [3.8, 4) is 0 Å². The molecular formula is C15H17N3O4. The Morgan fingerprint density at radius 3 is 2.59 bits per heavy atom. The summed E-state index contributed by atoms with van der Waals surface area (Å²) < 4.78 is 1.27. The fourth-order valence-corrected chi connectivity index (χ4v) is 2.07. The van der Waals surface area contributed by atoms with Crippen LogP contribution in [0.5, 0.6) is 0 Å². The predicted octanol–water partition coefficient (Wildman–Crippen LogP) is 0.842. The minimum Gasteiger partial charge on any atom is -0.480 e. The number of aliphatic carboxylic acids is 1. The van der Waals surface area contributed by atoms with E-state index in [1.54, 1.807) is 32.2 Å². The van der Waals surface area contributed by atoms with Gasteiger partial charge in [0.1, 0.15) is 17.3 Å². The quantitative estimate of drug-likeness (QED) is 0.871. The summed E-state index contributed by atoms with van der Waals surface area (Å²) in [6.45, 7) is 5.17. The molecule has 2 rings (SSSR count). The van der Waals surface area contributed by atoms with Crippen molar-refractivity contribution in [2.45, 2.75) is 26.8 Å². The van der Waals surface area contributed by atoms with E-state index in [1.807, 2.05) is 6.92 Å². The van der Waals surface area contributed by atoms with Gasteiger partial charge in [-0.3, -0.25) is 14.0 Å². The fraction of sp³-hybridized carbons (Fsp3) is 0.333. The Morgan fingerprint density at radius 2 is 2.00 bits per heavy atom. The Labute approximate surface area is 126 Å². The van der Waals surface area contributed by atoms with Crippen LogP contribution in [0.4, 0.5) is 0 Å². The van der Waals surface area contributed by atoms with Crippen LogP contribution < -0.4 is 10.9 Å². The predicted molar refractivity (Wildman–Crippen MR) is 79.9 cm³/mol. The lowest BCUT2D eigenvalue weighted by Crippen LogP contribution is -2.45. The van der Waals surface area contributed by atoms with E-state index < -0.39 is 23.5 Å². The van der Waals surface area contributed by atoms with Crippen molar-refractivity contribution in [3.05, 3.63) is 46.0 Å². The van der Waals surface area contributed by atoms with Crippen LogP contribution in [0.25, 0.3) is 5.65 Å². The molecule has 0 aromatic carbocycles. The standard InChI is InChI=1S/C15H17N3O4/c1-8(2)12(15(21)22)17-13(19)10-6-16-11-5-4-9(3)7-18(11)14(10)20/h4-8,12H,1-3H3,(H,17,19)(H,21,22)/t12-/m0/s1. The SMILES string of the molecule is Cc1ccc2ncc(C(=O)N[C@H](C(=O)O)C(C)C)c(=O)n2c1. The van der Waals surface area contributed by atoms with Gasteiger partial charge in [-0.1, -0.05) is 19.9 Å². The molecule has 22 heavy (non-hydrogen) atoms. The van der Waals surface area contributed by atoms with Gasteiger partial charge in [0, 0.05) is 12.4 Å². The van der Waals surface area contributed by atoms with E-state index in [4.69, 9.17) is 5.11 Å². The number of rotatable bonds is 4. The van der Waals surface area contributed by atoms with Crippen LogP contribution in [-0.2, 0) is 4.79 Å². The Morgan fingerprint density at radius 1 is 1.32 bits per heavy atom. The van der Waals surface area contributed by atoms with E-state index in [0.717, 1.165) is 5.56 Å². The second-order valence-electron chi connectivity index (χ2n) is 5.45. The van der Waals surface area contributed by atoms with Crippen LogP contribution in [0.2, 0.25) is 0 Å². The van der Waals surface area contributed by atoms with Gasteiger partial charge in [-0.2, -0.15) is 0 Å². The Kier molecular flexibility index (Phi) is 4.25. The maximum Gasteiger partial charge on any atom is 0.326 e. The van der Waals surface area contributed by atoms with Crippen molar-refractivity contribution in [1.29, 1.82) is 0 Å². The third kappa shape index (κ3) is 2.98. The van der Waals surface area contributed by atoms with Crippen LogP contribution in [0.1, 0.15) is 29.8 Å². The summed E-state index contributed by atoms with van der Waals surface area (Å²) in [5, 5.41) is 11.5. The number of amides is 1. The summed E-state index contributed by atoms with van der Waals surface area (Å²) in [4.78, 5) is 39.7. The Balaban J connectivity index is 2.42. The minimum atomic E-state index is -1.15. The first-order valence-corrected chi connectivity index (χ1v) is 6.83. The van der Waals surface area contributed by atoms with Gasteiger partial charge in [0.25, 0.3) is 11.5 Å². The first-order chi connectivity index (χ1) is 10.3. The smallest absolute Gasteiger partial charge is 0.326 e. The summed E-state index contributed by atoms with van der Waals surface area (Å²) in [5.41, 5.74) is 0.555. The van der Waals surface area contributed by atoms with Crippen molar-refractivity contribution in [3.63, 3.8) is 0 Å². The number of carbonyl (C=O) groups is 2. The Bertz CT molecular complexity index is 795. The van der Waals surface area contributed by atoms with Crippen LogP contribution in [0.3, 0.4) is 0 Å². The Hall–Kier alpha value is -2.70. The van der Waals surface area contributed by atoms with Crippen molar-refractivity contribution >= 4 is 17.5 Å². The maximum absolute atomic E-state index is 12.4. The number of nitrogens with zero attached hydrogens (tertiary/aromatic N) is 2. The monoisotopic (exact) mass is 303 g/mol. The van der Waals surface area contributed by atoms with Gasteiger partial charge in [-0.25, -0.2) is 9.78 Å². The molecule has 0 saturated carbocycles. The van der Waals surface area contributed by atoms with Crippen molar-refractivity contribution in [2.75, 3.05) is 0 Å². The molecule has 0 spiro atoms. The number of aromatic nitrogens is 2. The normalized spacial score (nSPS) is 12.4. The molecule has 2 N–H and O–H groups in total. The second-order valence-corrected chi connectivity index (χ2v) is 5.45. The number of hydrogen-bond acceptors (Lipinski definition) is 4. The molecule has 0 aliphatic carbocycles. The third-order valence-corrected chi connectivity index (χ3v) is 3.31. The molecule has 1 atom stereocenters. The first kappa shape index (κ1) is 15.7. The number of aryl methyl sites for hydroxylation is 1. The highest BCUT2D eigenvalue weighted by Crippen LogP contribution is 2.05. The molecule has 116 valence electrons.